The monoisotopic (exact) mass is 234 g/mol. The second kappa shape index (κ2) is 5.52. The van der Waals surface area contributed by atoms with Crippen molar-refractivity contribution in [3.8, 4) is 0 Å². The molecular weight excluding hydrogens is 212 g/mol. The Balaban J connectivity index is 2.16. The maximum absolute atomic E-state index is 5.66. The van der Waals surface area contributed by atoms with Crippen LogP contribution < -0.4 is 10.6 Å². The average molecular weight is 234 g/mol. The molecule has 3 nitrogen and oxygen atoms in total. The van der Waals surface area contributed by atoms with Crippen LogP contribution in [0.1, 0.15) is 24.0 Å². The molecule has 1 unspecified atom stereocenters. The van der Waals surface area contributed by atoms with Crippen molar-refractivity contribution in [2.24, 2.45) is 5.73 Å². The molecule has 1 aliphatic rings. The Hall–Kier alpha value is -1.06. The summed E-state index contributed by atoms with van der Waals surface area (Å²) in [6.45, 7) is 4.90. The molecular formula is C14H22N2O. The lowest BCUT2D eigenvalue weighted by Crippen LogP contribution is -2.39. The van der Waals surface area contributed by atoms with Gasteiger partial charge >= 0.3 is 0 Å². The summed E-state index contributed by atoms with van der Waals surface area (Å²) in [6.07, 6.45) is 2.75. The second-order valence-corrected chi connectivity index (χ2v) is 4.77. The quantitative estimate of drug-likeness (QED) is 0.870. The molecule has 1 atom stereocenters. The molecule has 1 aliphatic heterocycles. The van der Waals surface area contributed by atoms with E-state index >= 15 is 0 Å². The Kier molecular flexibility index (Phi) is 4.02. The van der Waals surface area contributed by atoms with Gasteiger partial charge in [-0.15, -0.1) is 0 Å². The van der Waals surface area contributed by atoms with Gasteiger partial charge in [0.15, 0.2) is 0 Å². The number of piperidine rings is 1. The lowest BCUT2D eigenvalue weighted by Gasteiger charge is -2.34. The third-order valence-corrected chi connectivity index (χ3v) is 3.55. The van der Waals surface area contributed by atoms with Crippen molar-refractivity contribution < 1.29 is 4.74 Å². The van der Waals surface area contributed by atoms with Crippen molar-refractivity contribution in [1.29, 1.82) is 0 Å². The van der Waals surface area contributed by atoms with E-state index in [1.807, 2.05) is 0 Å². The van der Waals surface area contributed by atoms with E-state index in [1.54, 1.807) is 7.11 Å². The van der Waals surface area contributed by atoms with Gasteiger partial charge in [-0.25, -0.2) is 0 Å². The fourth-order valence-electron chi connectivity index (χ4n) is 2.55. The normalized spacial score (nSPS) is 20.6. The lowest BCUT2D eigenvalue weighted by atomic mass is 10.0. The molecule has 0 saturated carbocycles. The predicted molar refractivity (Wildman–Crippen MR) is 71.3 cm³/mol. The minimum Gasteiger partial charge on any atom is -0.380 e. The van der Waals surface area contributed by atoms with Crippen molar-refractivity contribution in [3.63, 3.8) is 0 Å². The van der Waals surface area contributed by atoms with Gasteiger partial charge in [0.2, 0.25) is 0 Å². The van der Waals surface area contributed by atoms with Crippen LogP contribution >= 0.6 is 0 Å². The minimum atomic E-state index is 0.373. The predicted octanol–water partition coefficient (Wildman–Crippen LogP) is 2.07. The summed E-state index contributed by atoms with van der Waals surface area (Å²) >= 11 is 0. The Bertz CT molecular complexity index is 378. The first kappa shape index (κ1) is 12.4. The number of methoxy groups -OCH3 is 1. The molecule has 0 spiro atoms. The summed E-state index contributed by atoms with van der Waals surface area (Å²) in [4.78, 5) is 2.42. The van der Waals surface area contributed by atoms with Crippen LogP contribution in [-0.2, 0) is 11.3 Å². The maximum atomic E-state index is 5.66. The van der Waals surface area contributed by atoms with Crippen LogP contribution in [0.3, 0.4) is 0 Å². The number of aryl methyl sites for hydroxylation is 1. The number of hydrogen-bond donors (Lipinski definition) is 1. The fourth-order valence-corrected chi connectivity index (χ4v) is 2.55. The Morgan fingerprint density at radius 1 is 1.47 bits per heavy atom. The molecule has 94 valence electrons. The Morgan fingerprint density at radius 3 is 2.94 bits per heavy atom. The molecule has 1 saturated heterocycles. The molecule has 1 aromatic carbocycles. The Morgan fingerprint density at radius 2 is 2.29 bits per heavy atom. The van der Waals surface area contributed by atoms with Crippen molar-refractivity contribution in [1.82, 2.24) is 0 Å². The summed E-state index contributed by atoms with van der Waals surface area (Å²) in [6, 6.07) is 6.50. The third-order valence-electron chi connectivity index (χ3n) is 3.55. The van der Waals surface area contributed by atoms with E-state index < -0.39 is 0 Å². The fraction of sp³-hybridized carbons (Fsp3) is 0.571. The van der Waals surface area contributed by atoms with Crippen LogP contribution in [-0.4, -0.2) is 26.3 Å². The number of hydrogen-bond acceptors (Lipinski definition) is 3. The maximum Gasteiger partial charge on any atom is 0.0746 e. The van der Waals surface area contributed by atoms with Gasteiger partial charge in [0.05, 0.1) is 6.10 Å². The number of benzene rings is 1. The number of anilines is 1. The van der Waals surface area contributed by atoms with E-state index in [0.717, 1.165) is 13.1 Å². The standard InChI is InChI=1S/C14H22N2O/c1-11-8-12(9-15)5-6-14(11)16-7-3-4-13(10-16)17-2/h5-6,8,13H,3-4,7,9-10,15H2,1-2H3. The van der Waals surface area contributed by atoms with E-state index in [-0.39, 0.29) is 0 Å². The smallest absolute Gasteiger partial charge is 0.0746 e. The topological polar surface area (TPSA) is 38.5 Å². The largest absolute Gasteiger partial charge is 0.380 e. The molecule has 3 heteroatoms. The van der Waals surface area contributed by atoms with Crippen molar-refractivity contribution in [2.75, 3.05) is 25.1 Å². The van der Waals surface area contributed by atoms with Gasteiger partial charge in [0, 0.05) is 32.4 Å². The zero-order valence-corrected chi connectivity index (χ0v) is 10.8. The van der Waals surface area contributed by atoms with Crippen LogP contribution in [0, 0.1) is 6.92 Å². The van der Waals surface area contributed by atoms with Gasteiger partial charge < -0.3 is 15.4 Å². The number of ether oxygens (including phenoxy) is 1. The molecule has 0 aliphatic carbocycles. The zero-order valence-electron chi connectivity index (χ0n) is 10.8. The van der Waals surface area contributed by atoms with Gasteiger partial charge in [-0.2, -0.15) is 0 Å². The first-order valence-electron chi connectivity index (χ1n) is 6.32. The van der Waals surface area contributed by atoms with E-state index in [9.17, 15) is 0 Å². The average Bonchev–Trinajstić information content (AvgIpc) is 2.38. The van der Waals surface area contributed by atoms with Gasteiger partial charge in [-0.3, -0.25) is 0 Å². The van der Waals surface area contributed by atoms with Crippen LogP contribution in [0.15, 0.2) is 18.2 Å². The number of nitrogens with zero attached hydrogens (tertiary/aromatic N) is 1. The van der Waals surface area contributed by atoms with Gasteiger partial charge in [0.1, 0.15) is 0 Å². The van der Waals surface area contributed by atoms with Crippen molar-refractivity contribution in [2.45, 2.75) is 32.4 Å². The van der Waals surface area contributed by atoms with E-state index in [2.05, 4.69) is 30.0 Å². The highest BCUT2D eigenvalue weighted by molar-refractivity contribution is 5.54. The summed E-state index contributed by atoms with van der Waals surface area (Å²) in [5.74, 6) is 0. The van der Waals surface area contributed by atoms with Crippen LogP contribution in [0.2, 0.25) is 0 Å². The lowest BCUT2D eigenvalue weighted by molar-refractivity contribution is 0.0893. The number of nitrogens with two attached hydrogens (primary N) is 1. The second-order valence-electron chi connectivity index (χ2n) is 4.77. The molecule has 0 aromatic heterocycles. The van der Waals surface area contributed by atoms with E-state index in [0.29, 0.717) is 12.6 Å². The van der Waals surface area contributed by atoms with E-state index in [4.69, 9.17) is 10.5 Å². The van der Waals surface area contributed by atoms with Crippen molar-refractivity contribution >= 4 is 5.69 Å². The highest BCUT2D eigenvalue weighted by atomic mass is 16.5. The molecule has 17 heavy (non-hydrogen) atoms. The molecule has 1 fully saturated rings. The minimum absolute atomic E-state index is 0.373. The molecule has 0 amide bonds. The van der Waals surface area contributed by atoms with E-state index in [1.165, 1.54) is 29.7 Å². The summed E-state index contributed by atoms with van der Waals surface area (Å²) < 4.78 is 5.47. The molecule has 1 aromatic rings. The SMILES string of the molecule is COC1CCCN(c2ccc(CN)cc2C)C1. The Labute approximate surface area is 104 Å². The molecule has 2 N–H and O–H groups in total. The summed E-state index contributed by atoms with van der Waals surface area (Å²) in [5.41, 5.74) is 9.49. The van der Waals surface area contributed by atoms with Gasteiger partial charge in [-0.05, 0) is 37.0 Å². The van der Waals surface area contributed by atoms with Crippen LogP contribution in [0.4, 0.5) is 5.69 Å². The van der Waals surface area contributed by atoms with Gasteiger partial charge in [-0.1, -0.05) is 12.1 Å². The summed E-state index contributed by atoms with van der Waals surface area (Å²) in [5, 5.41) is 0. The molecule has 0 bridgehead atoms. The van der Waals surface area contributed by atoms with Crippen molar-refractivity contribution in [3.05, 3.63) is 29.3 Å². The van der Waals surface area contributed by atoms with Gasteiger partial charge in [0.25, 0.3) is 0 Å². The molecule has 2 rings (SSSR count). The van der Waals surface area contributed by atoms with Crippen LogP contribution in [0.25, 0.3) is 0 Å². The highest BCUT2D eigenvalue weighted by Gasteiger charge is 2.20. The zero-order chi connectivity index (χ0) is 12.3. The molecule has 0 radical (unpaired) electrons. The highest BCUT2D eigenvalue weighted by Crippen LogP contribution is 2.25. The first-order valence-corrected chi connectivity index (χ1v) is 6.32. The summed E-state index contributed by atoms with van der Waals surface area (Å²) in [7, 11) is 1.80. The molecule has 1 heterocycles. The third kappa shape index (κ3) is 2.79. The first-order chi connectivity index (χ1) is 8.24. The number of rotatable bonds is 3. The van der Waals surface area contributed by atoms with Crippen LogP contribution in [0.5, 0.6) is 0 Å².